The predicted molar refractivity (Wildman–Crippen MR) is 123 cm³/mol. The van der Waals surface area contributed by atoms with Gasteiger partial charge in [-0.05, 0) is 30.3 Å². The normalized spacial score (nSPS) is 10.5. The quantitative estimate of drug-likeness (QED) is 0.367. The molecule has 0 bridgehead atoms. The van der Waals surface area contributed by atoms with Gasteiger partial charge in [-0.15, -0.1) is 11.3 Å². The Morgan fingerprint density at radius 2 is 1.58 bits per heavy atom. The molecule has 7 heteroatoms. The molecule has 1 heterocycles. The summed E-state index contributed by atoms with van der Waals surface area (Å²) in [6.07, 6.45) is 0. The molecule has 1 N–H and O–H groups in total. The molecule has 4 aromatic rings. The lowest BCUT2D eigenvalue weighted by molar-refractivity contribution is -0.118. The molecule has 31 heavy (non-hydrogen) atoms. The Morgan fingerprint density at radius 1 is 0.903 bits per heavy atom. The fourth-order valence-electron chi connectivity index (χ4n) is 2.89. The van der Waals surface area contributed by atoms with E-state index >= 15 is 0 Å². The summed E-state index contributed by atoms with van der Waals surface area (Å²) in [4.78, 5) is 29.0. The van der Waals surface area contributed by atoms with Gasteiger partial charge in [0.2, 0.25) is 0 Å². The maximum atomic E-state index is 12.4. The number of amides is 1. The second-order valence-corrected chi connectivity index (χ2v) is 7.84. The van der Waals surface area contributed by atoms with Gasteiger partial charge in [-0.25, -0.2) is 4.98 Å². The summed E-state index contributed by atoms with van der Waals surface area (Å²) < 4.78 is 5.52. The first-order chi connectivity index (χ1) is 15.1. The molecule has 0 saturated heterocycles. The molecule has 0 unspecified atom stereocenters. The Bertz CT molecular complexity index is 1210. The molecule has 1 amide bonds. The molecule has 0 aliphatic rings. The highest BCUT2D eigenvalue weighted by Gasteiger charge is 2.12. The van der Waals surface area contributed by atoms with E-state index in [0.717, 1.165) is 5.56 Å². The fraction of sp³-hybridized carbons (Fsp3) is 0.0417. The molecule has 0 radical (unpaired) electrons. The third-order valence-electron chi connectivity index (χ3n) is 4.42. The number of halogens is 1. The Hall–Kier alpha value is -3.48. The maximum Gasteiger partial charge on any atom is 0.264 e. The number of rotatable bonds is 7. The summed E-state index contributed by atoms with van der Waals surface area (Å²) in [5.74, 6) is 0.100. The number of carbonyl (C=O) groups excluding carboxylic acids is 2. The van der Waals surface area contributed by atoms with Gasteiger partial charge < -0.3 is 4.74 Å². The second kappa shape index (κ2) is 9.55. The highest BCUT2D eigenvalue weighted by Crippen LogP contribution is 2.30. The minimum Gasteiger partial charge on any atom is -0.484 e. The van der Waals surface area contributed by atoms with Gasteiger partial charge in [0.1, 0.15) is 5.75 Å². The van der Waals surface area contributed by atoms with Crippen LogP contribution in [0, 0.1) is 0 Å². The first kappa shape index (κ1) is 20.8. The number of benzene rings is 3. The number of anilines is 1. The van der Waals surface area contributed by atoms with Gasteiger partial charge in [-0.2, -0.15) is 0 Å². The van der Waals surface area contributed by atoms with Crippen molar-refractivity contribution in [3.05, 3.63) is 100 Å². The van der Waals surface area contributed by atoms with E-state index in [2.05, 4.69) is 10.3 Å². The first-order valence-electron chi connectivity index (χ1n) is 9.43. The lowest BCUT2D eigenvalue weighted by Gasteiger charge is -2.07. The zero-order chi connectivity index (χ0) is 21.6. The van der Waals surface area contributed by atoms with E-state index in [1.807, 2.05) is 41.8 Å². The van der Waals surface area contributed by atoms with Gasteiger partial charge in [0.15, 0.2) is 17.5 Å². The molecule has 0 aliphatic carbocycles. The number of ether oxygens (including phenoxy) is 1. The van der Waals surface area contributed by atoms with Crippen molar-refractivity contribution in [2.75, 3.05) is 11.9 Å². The van der Waals surface area contributed by atoms with Crippen molar-refractivity contribution in [3.63, 3.8) is 0 Å². The van der Waals surface area contributed by atoms with Crippen molar-refractivity contribution >= 4 is 39.8 Å². The summed E-state index contributed by atoms with van der Waals surface area (Å²) in [7, 11) is 0. The average molecular weight is 449 g/mol. The number of aromatic nitrogens is 1. The number of ketones is 1. The number of hydrogen-bond donors (Lipinski definition) is 1. The van der Waals surface area contributed by atoms with Crippen LogP contribution in [0.2, 0.25) is 5.02 Å². The molecular formula is C24H17ClN2O3S. The lowest BCUT2D eigenvalue weighted by Crippen LogP contribution is -2.20. The van der Waals surface area contributed by atoms with Crippen LogP contribution in [0.3, 0.4) is 0 Å². The predicted octanol–water partition coefficient (Wildman–Crippen LogP) is 5.71. The molecule has 154 valence electrons. The second-order valence-electron chi connectivity index (χ2n) is 6.57. The summed E-state index contributed by atoms with van der Waals surface area (Å²) in [5.41, 5.74) is 2.68. The van der Waals surface area contributed by atoms with E-state index < -0.39 is 0 Å². The van der Waals surface area contributed by atoms with E-state index in [0.29, 0.717) is 32.7 Å². The van der Waals surface area contributed by atoms with Gasteiger partial charge in [-0.1, -0.05) is 60.1 Å². The number of carbonyl (C=O) groups is 2. The van der Waals surface area contributed by atoms with Gasteiger partial charge in [-0.3, -0.25) is 14.9 Å². The standard InChI is InChI=1S/C24H17ClN2O3S/c25-20-9-5-4-8-19(20)21-15-31-24(26-21)27-22(28)14-30-18-12-10-17(11-13-18)23(29)16-6-2-1-3-7-16/h1-13,15H,14H2,(H,26,27,28). The molecule has 1 aromatic heterocycles. The van der Waals surface area contributed by atoms with Gasteiger partial charge in [0, 0.05) is 27.1 Å². The van der Waals surface area contributed by atoms with Crippen molar-refractivity contribution in [2.24, 2.45) is 0 Å². The number of nitrogens with one attached hydrogen (secondary N) is 1. The van der Waals surface area contributed by atoms with Crippen molar-refractivity contribution in [3.8, 4) is 17.0 Å². The van der Waals surface area contributed by atoms with Crippen LogP contribution in [-0.4, -0.2) is 23.3 Å². The number of nitrogens with zero attached hydrogens (tertiary/aromatic N) is 1. The zero-order valence-corrected chi connectivity index (χ0v) is 17.8. The van der Waals surface area contributed by atoms with Gasteiger partial charge >= 0.3 is 0 Å². The van der Waals surface area contributed by atoms with Crippen LogP contribution in [0.5, 0.6) is 5.75 Å². The lowest BCUT2D eigenvalue weighted by atomic mass is 10.0. The third-order valence-corrected chi connectivity index (χ3v) is 5.51. The minimum atomic E-state index is -0.329. The van der Waals surface area contributed by atoms with E-state index in [1.54, 1.807) is 42.5 Å². The summed E-state index contributed by atoms with van der Waals surface area (Å²) in [6, 6.07) is 23.1. The molecule has 0 aliphatic heterocycles. The van der Waals surface area contributed by atoms with Gasteiger partial charge in [0.25, 0.3) is 5.91 Å². The van der Waals surface area contributed by atoms with E-state index in [-0.39, 0.29) is 18.3 Å². The van der Waals surface area contributed by atoms with E-state index in [9.17, 15) is 9.59 Å². The molecule has 0 fully saturated rings. The van der Waals surface area contributed by atoms with Crippen LogP contribution in [0.25, 0.3) is 11.3 Å². The summed E-state index contributed by atoms with van der Waals surface area (Å²) in [6.45, 7) is -0.174. The molecule has 5 nitrogen and oxygen atoms in total. The van der Waals surface area contributed by atoms with Gasteiger partial charge in [0.05, 0.1) is 5.69 Å². The van der Waals surface area contributed by atoms with Crippen LogP contribution in [0.1, 0.15) is 15.9 Å². The molecule has 4 rings (SSSR count). The van der Waals surface area contributed by atoms with Crippen LogP contribution in [0.4, 0.5) is 5.13 Å². The zero-order valence-electron chi connectivity index (χ0n) is 16.2. The van der Waals surface area contributed by atoms with Crippen LogP contribution in [-0.2, 0) is 4.79 Å². The summed E-state index contributed by atoms with van der Waals surface area (Å²) in [5, 5.41) is 5.62. The van der Waals surface area contributed by atoms with Crippen LogP contribution in [0.15, 0.2) is 84.2 Å². The Labute approximate surface area is 188 Å². The Morgan fingerprint density at radius 3 is 2.32 bits per heavy atom. The fourth-order valence-corrected chi connectivity index (χ4v) is 3.85. The third kappa shape index (κ3) is 5.17. The summed E-state index contributed by atoms with van der Waals surface area (Å²) >= 11 is 7.50. The highest BCUT2D eigenvalue weighted by atomic mass is 35.5. The maximum absolute atomic E-state index is 12.4. The molecule has 0 saturated carbocycles. The van der Waals surface area contributed by atoms with Crippen molar-refractivity contribution in [1.82, 2.24) is 4.98 Å². The van der Waals surface area contributed by atoms with E-state index in [4.69, 9.17) is 16.3 Å². The van der Waals surface area contributed by atoms with Crippen molar-refractivity contribution < 1.29 is 14.3 Å². The largest absolute Gasteiger partial charge is 0.484 e. The van der Waals surface area contributed by atoms with Crippen molar-refractivity contribution in [2.45, 2.75) is 0 Å². The van der Waals surface area contributed by atoms with Crippen LogP contribution < -0.4 is 10.1 Å². The monoisotopic (exact) mass is 448 g/mol. The molecule has 3 aromatic carbocycles. The molecule has 0 spiro atoms. The van der Waals surface area contributed by atoms with E-state index in [1.165, 1.54) is 11.3 Å². The Kier molecular flexibility index (Phi) is 6.40. The SMILES string of the molecule is O=C(COc1ccc(C(=O)c2ccccc2)cc1)Nc1nc(-c2ccccc2Cl)cs1. The minimum absolute atomic E-state index is 0.0667. The Balaban J connectivity index is 1.32. The van der Waals surface area contributed by atoms with Crippen LogP contribution >= 0.6 is 22.9 Å². The number of thiazole rings is 1. The topological polar surface area (TPSA) is 68.3 Å². The first-order valence-corrected chi connectivity index (χ1v) is 10.7. The smallest absolute Gasteiger partial charge is 0.264 e. The average Bonchev–Trinajstić information content (AvgIpc) is 3.26. The highest BCUT2D eigenvalue weighted by molar-refractivity contribution is 7.14. The molecular weight excluding hydrogens is 432 g/mol. The van der Waals surface area contributed by atoms with Crippen molar-refractivity contribution in [1.29, 1.82) is 0 Å². The molecule has 0 atom stereocenters. The number of hydrogen-bond acceptors (Lipinski definition) is 5.